The third-order valence-electron chi connectivity index (χ3n) is 6.22. The Morgan fingerprint density at radius 2 is 1.56 bits per heavy atom. The molecule has 0 atom stereocenters. The van der Waals surface area contributed by atoms with Gasteiger partial charge in [0.2, 0.25) is 0 Å². The third kappa shape index (κ3) is 3.61. The molecule has 3 aromatic rings. The Morgan fingerprint density at radius 1 is 0.853 bits per heavy atom. The molecule has 0 spiro atoms. The fraction of sp³-hybridized carbons (Fsp3) is 0.214. The van der Waals surface area contributed by atoms with Gasteiger partial charge < -0.3 is 14.4 Å². The first-order valence-electron chi connectivity index (χ1n) is 11.5. The van der Waals surface area contributed by atoms with Gasteiger partial charge >= 0.3 is 0 Å². The normalized spacial score (nSPS) is 15.6. The Morgan fingerprint density at radius 3 is 2.29 bits per heavy atom. The number of methoxy groups -OCH3 is 1. The smallest absolute Gasteiger partial charge is 0.282 e. The van der Waals surface area contributed by atoms with Crippen LogP contribution >= 0.6 is 0 Å². The molecule has 172 valence electrons. The number of carbonyl (C=O) groups excluding carboxylic acids is 2. The minimum Gasteiger partial charge on any atom is -0.495 e. The predicted molar refractivity (Wildman–Crippen MR) is 132 cm³/mol. The molecule has 2 amide bonds. The molecule has 0 N–H and O–H groups in total. The van der Waals surface area contributed by atoms with Gasteiger partial charge in [-0.25, -0.2) is 4.90 Å². The topological polar surface area (TPSA) is 59.1 Å². The second-order valence-electron chi connectivity index (χ2n) is 8.18. The van der Waals surface area contributed by atoms with Gasteiger partial charge in [0.05, 0.1) is 25.0 Å². The van der Waals surface area contributed by atoms with Crippen LogP contribution < -0.4 is 19.3 Å². The van der Waals surface area contributed by atoms with E-state index in [-0.39, 0.29) is 11.8 Å². The van der Waals surface area contributed by atoms with Crippen molar-refractivity contribution in [2.75, 3.05) is 30.1 Å². The van der Waals surface area contributed by atoms with E-state index in [1.54, 1.807) is 18.2 Å². The lowest BCUT2D eigenvalue weighted by atomic mass is 9.98. The number of amides is 2. The molecule has 0 radical (unpaired) electrons. The van der Waals surface area contributed by atoms with Gasteiger partial charge in [-0.05, 0) is 61.2 Å². The maximum Gasteiger partial charge on any atom is 0.282 e. The van der Waals surface area contributed by atoms with Gasteiger partial charge in [-0.15, -0.1) is 0 Å². The van der Waals surface area contributed by atoms with Gasteiger partial charge in [0.25, 0.3) is 11.8 Å². The summed E-state index contributed by atoms with van der Waals surface area (Å²) in [5.74, 6) is 0.470. The second kappa shape index (κ2) is 9.06. The maximum atomic E-state index is 14.0. The van der Waals surface area contributed by atoms with Crippen LogP contribution in [0.25, 0.3) is 5.57 Å². The number of imide groups is 1. The molecule has 3 aromatic carbocycles. The number of aryl methyl sites for hydroxylation is 1. The van der Waals surface area contributed by atoms with Crippen molar-refractivity contribution in [1.82, 2.24) is 0 Å². The summed E-state index contributed by atoms with van der Waals surface area (Å²) >= 11 is 0. The molecule has 2 aliphatic rings. The molecule has 2 aliphatic heterocycles. The lowest BCUT2D eigenvalue weighted by molar-refractivity contribution is -0.120. The van der Waals surface area contributed by atoms with E-state index in [4.69, 9.17) is 9.47 Å². The van der Waals surface area contributed by atoms with Crippen molar-refractivity contribution >= 4 is 28.8 Å². The Bertz CT molecular complexity index is 1280. The zero-order valence-electron chi connectivity index (χ0n) is 19.3. The van der Waals surface area contributed by atoms with Crippen molar-refractivity contribution in [2.24, 2.45) is 0 Å². The van der Waals surface area contributed by atoms with Crippen LogP contribution in [0.15, 0.2) is 78.5 Å². The predicted octanol–water partition coefficient (Wildman–Crippen LogP) is 4.83. The second-order valence-corrected chi connectivity index (χ2v) is 8.18. The monoisotopic (exact) mass is 454 g/mol. The highest BCUT2D eigenvalue weighted by atomic mass is 16.5. The Labute approximate surface area is 199 Å². The van der Waals surface area contributed by atoms with Crippen LogP contribution in [0.4, 0.5) is 11.4 Å². The first-order chi connectivity index (χ1) is 16.6. The highest BCUT2D eigenvalue weighted by molar-refractivity contribution is 6.46. The van der Waals surface area contributed by atoms with Crippen LogP contribution in [0, 0.1) is 0 Å². The third-order valence-corrected chi connectivity index (χ3v) is 6.22. The molecule has 0 bridgehead atoms. The van der Waals surface area contributed by atoms with Crippen molar-refractivity contribution in [3.8, 4) is 11.5 Å². The summed E-state index contributed by atoms with van der Waals surface area (Å²) in [6.45, 7) is 3.13. The Balaban J connectivity index is 1.68. The number of carbonyl (C=O) groups is 2. The Kier molecular flexibility index (Phi) is 5.80. The fourth-order valence-corrected chi connectivity index (χ4v) is 4.71. The summed E-state index contributed by atoms with van der Waals surface area (Å²) in [7, 11) is 1.53. The van der Waals surface area contributed by atoms with E-state index in [1.165, 1.54) is 17.6 Å². The van der Waals surface area contributed by atoms with Gasteiger partial charge in [-0.3, -0.25) is 9.59 Å². The summed E-state index contributed by atoms with van der Waals surface area (Å²) in [4.78, 5) is 31.1. The van der Waals surface area contributed by atoms with Crippen molar-refractivity contribution in [2.45, 2.75) is 19.8 Å². The molecule has 0 aliphatic carbocycles. The quantitative estimate of drug-likeness (QED) is 0.500. The zero-order chi connectivity index (χ0) is 23.7. The minimum absolute atomic E-state index is 0.352. The van der Waals surface area contributed by atoms with E-state index in [2.05, 4.69) is 6.07 Å². The molecule has 0 saturated heterocycles. The first-order valence-corrected chi connectivity index (χ1v) is 11.5. The zero-order valence-corrected chi connectivity index (χ0v) is 19.3. The lowest BCUT2D eigenvalue weighted by Crippen LogP contribution is -2.37. The van der Waals surface area contributed by atoms with Crippen LogP contribution in [0.1, 0.15) is 24.5 Å². The summed E-state index contributed by atoms with van der Waals surface area (Å²) in [5.41, 5.74) is 4.03. The number of hydrogen-bond donors (Lipinski definition) is 0. The average molecular weight is 455 g/mol. The van der Waals surface area contributed by atoms with Crippen LogP contribution in [-0.4, -0.2) is 32.1 Å². The number of fused-ring (bicyclic) bond motifs is 1. The minimum atomic E-state index is -0.364. The molecular formula is C28H26N2O4. The summed E-state index contributed by atoms with van der Waals surface area (Å²) < 4.78 is 11.1. The van der Waals surface area contributed by atoms with E-state index in [0.717, 1.165) is 24.3 Å². The number of rotatable bonds is 6. The standard InChI is InChI=1S/C28H26N2O4/c1-3-34-21-16-14-20(15-17-21)25-26(29-18-8-10-19-9-4-5-11-22(19)29)28(32)30(27(25)31)23-12-6-7-13-24(23)33-2/h4-7,9,11-17H,3,8,10,18H2,1-2H3. The summed E-state index contributed by atoms with van der Waals surface area (Å²) in [6, 6.07) is 22.5. The molecule has 0 aromatic heterocycles. The molecule has 6 nitrogen and oxygen atoms in total. The molecule has 0 unspecified atom stereocenters. The summed E-state index contributed by atoms with van der Waals surface area (Å²) in [5, 5.41) is 0. The van der Waals surface area contributed by atoms with Crippen molar-refractivity contribution in [3.63, 3.8) is 0 Å². The van der Waals surface area contributed by atoms with Gasteiger partial charge in [0, 0.05) is 12.2 Å². The van der Waals surface area contributed by atoms with E-state index in [1.807, 2.05) is 60.4 Å². The number of anilines is 2. The van der Waals surface area contributed by atoms with E-state index in [0.29, 0.717) is 41.4 Å². The molecule has 5 rings (SSSR count). The van der Waals surface area contributed by atoms with Gasteiger partial charge in [-0.1, -0.05) is 42.5 Å². The number of para-hydroxylation sites is 3. The number of hydrogen-bond acceptors (Lipinski definition) is 5. The SMILES string of the molecule is CCOc1ccc(C2=C(N3CCCc4ccccc43)C(=O)N(c3ccccc3OC)C2=O)cc1. The average Bonchev–Trinajstić information content (AvgIpc) is 3.13. The highest BCUT2D eigenvalue weighted by Crippen LogP contribution is 2.41. The lowest BCUT2D eigenvalue weighted by Gasteiger charge is -2.32. The number of nitrogens with zero attached hydrogens (tertiary/aromatic N) is 2. The van der Waals surface area contributed by atoms with Gasteiger partial charge in [0.1, 0.15) is 17.2 Å². The van der Waals surface area contributed by atoms with Gasteiger partial charge in [-0.2, -0.15) is 0 Å². The molecule has 2 heterocycles. The molecule has 6 heteroatoms. The van der Waals surface area contributed by atoms with Crippen molar-refractivity contribution in [3.05, 3.63) is 89.6 Å². The Hall–Kier alpha value is -4.06. The highest BCUT2D eigenvalue weighted by Gasteiger charge is 2.44. The molecular weight excluding hydrogens is 428 g/mol. The van der Waals surface area contributed by atoms with Crippen LogP contribution in [0.2, 0.25) is 0 Å². The fourth-order valence-electron chi connectivity index (χ4n) is 4.71. The van der Waals surface area contributed by atoms with Crippen LogP contribution in [0.5, 0.6) is 11.5 Å². The number of ether oxygens (including phenoxy) is 2. The first kappa shape index (κ1) is 21.8. The molecule has 0 fully saturated rings. The van der Waals surface area contributed by atoms with Crippen molar-refractivity contribution in [1.29, 1.82) is 0 Å². The van der Waals surface area contributed by atoms with E-state index in [9.17, 15) is 9.59 Å². The van der Waals surface area contributed by atoms with Gasteiger partial charge in [0.15, 0.2) is 0 Å². The maximum absolute atomic E-state index is 14.0. The molecule has 0 saturated carbocycles. The molecule has 34 heavy (non-hydrogen) atoms. The van der Waals surface area contributed by atoms with E-state index >= 15 is 0 Å². The largest absolute Gasteiger partial charge is 0.495 e. The summed E-state index contributed by atoms with van der Waals surface area (Å²) in [6.07, 6.45) is 1.84. The van der Waals surface area contributed by atoms with E-state index < -0.39 is 0 Å². The van der Waals surface area contributed by atoms with Crippen molar-refractivity contribution < 1.29 is 19.1 Å². The number of benzene rings is 3. The van der Waals surface area contributed by atoms with Crippen LogP contribution in [-0.2, 0) is 16.0 Å². The van der Waals surface area contributed by atoms with Crippen LogP contribution in [0.3, 0.4) is 0 Å².